The van der Waals surface area contributed by atoms with E-state index < -0.39 is 10.0 Å². The van der Waals surface area contributed by atoms with Crippen LogP contribution in [0.5, 0.6) is 0 Å². The van der Waals surface area contributed by atoms with Crippen LogP contribution in [0.3, 0.4) is 0 Å². The van der Waals surface area contributed by atoms with Gasteiger partial charge in [0.15, 0.2) is 0 Å². The average molecular weight is 367 g/mol. The molecule has 1 aromatic carbocycles. The molecular formula is C19H30N2O3S. The first-order valence-electron chi connectivity index (χ1n) is 9.12. The molecule has 1 aromatic rings. The lowest BCUT2D eigenvalue weighted by Gasteiger charge is -2.25. The van der Waals surface area contributed by atoms with Gasteiger partial charge in [-0.25, -0.2) is 8.42 Å². The van der Waals surface area contributed by atoms with Crippen molar-refractivity contribution in [2.24, 2.45) is 0 Å². The number of hydrogen-bond acceptors (Lipinski definition) is 3. The minimum atomic E-state index is -3.44. The maximum absolute atomic E-state index is 12.3. The molecule has 5 nitrogen and oxygen atoms in total. The van der Waals surface area contributed by atoms with Crippen molar-refractivity contribution >= 4 is 21.6 Å². The highest BCUT2D eigenvalue weighted by Gasteiger charge is 2.22. The van der Waals surface area contributed by atoms with E-state index in [9.17, 15) is 13.2 Å². The molecule has 1 amide bonds. The lowest BCUT2D eigenvalue weighted by molar-refractivity contribution is -0.121. The van der Waals surface area contributed by atoms with Crippen molar-refractivity contribution in [1.29, 1.82) is 0 Å². The SMILES string of the molecule is Cc1cccc(N(CCC(=O)NC2CCCCCC2)S(C)(=O)=O)c1C. The van der Waals surface area contributed by atoms with Crippen molar-refractivity contribution in [2.45, 2.75) is 64.8 Å². The van der Waals surface area contributed by atoms with Crippen LogP contribution >= 0.6 is 0 Å². The fourth-order valence-electron chi connectivity index (χ4n) is 3.40. The minimum absolute atomic E-state index is 0.0640. The third-order valence-electron chi connectivity index (χ3n) is 5.01. The maximum atomic E-state index is 12.3. The highest BCUT2D eigenvalue weighted by atomic mass is 32.2. The van der Waals surface area contributed by atoms with Gasteiger partial charge in [0.2, 0.25) is 15.9 Å². The van der Waals surface area contributed by atoms with Crippen LogP contribution in [-0.4, -0.2) is 33.2 Å². The summed E-state index contributed by atoms with van der Waals surface area (Å²) in [7, 11) is -3.44. The average Bonchev–Trinajstić information content (AvgIpc) is 2.79. The lowest BCUT2D eigenvalue weighted by Crippen LogP contribution is -2.38. The van der Waals surface area contributed by atoms with Crippen LogP contribution in [0.15, 0.2) is 18.2 Å². The Morgan fingerprint density at radius 1 is 1.16 bits per heavy atom. The fourth-order valence-corrected chi connectivity index (χ4v) is 4.38. The molecular weight excluding hydrogens is 336 g/mol. The van der Waals surface area contributed by atoms with Gasteiger partial charge in [0, 0.05) is 19.0 Å². The molecule has 0 atom stereocenters. The van der Waals surface area contributed by atoms with E-state index in [1.807, 2.05) is 26.0 Å². The van der Waals surface area contributed by atoms with Crippen LogP contribution in [0.1, 0.15) is 56.1 Å². The number of anilines is 1. The van der Waals surface area contributed by atoms with E-state index >= 15 is 0 Å². The summed E-state index contributed by atoms with van der Waals surface area (Å²) in [6.07, 6.45) is 8.21. The number of amides is 1. The zero-order chi connectivity index (χ0) is 18.4. The van der Waals surface area contributed by atoms with Crippen molar-refractivity contribution in [3.8, 4) is 0 Å². The first-order chi connectivity index (χ1) is 11.8. The number of carbonyl (C=O) groups excluding carboxylic acids is 1. The predicted octanol–water partition coefficient (Wildman–Crippen LogP) is 3.30. The normalized spacial score (nSPS) is 16.3. The number of nitrogens with zero attached hydrogens (tertiary/aromatic N) is 1. The molecule has 0 bridgehead atoms. The van der Waals surface area contributed by atoms with Crippen molar-refractivity contribution in [1.82, 2.24) is 5.32 Å². The molecule has 0 aromatic heterocycles. The highest BCUT2D eigenvalue weighted by Crippen LogP contribution is 2.25. The summed E-state index contributed by atoms with van der Waals surface area (Å²) >= 11 is 0. The van der Waals surface area contributed by atoms with Crippen LogP contribution in [0, 0.1) is 13.8 Å². The molecule has 0 aliphatic heterocycles. The zero-order valence-electron chi connectivity index (χ0n) is 15.5. The topological polar surface area (TPSA) is 66.5 Å². The van der Waals surface area contributed by atoms with E-state index in [0.29, 0.717) is 5.69 Å². The Labute approximate surface area is 151 Å². The van der Waals surface area contributed by atoms with Gasteiger partial charge in [-0.2, -0.15) is 0 Å². The lowest BCUT2D eigenvalue weighted by atomic mass is 10.1. The van der Waals surface area contributed by atoms with Gasteiger partial charge in [-0.3, -0.25) is 9.10 Å². The molecule has 1 aliphatic carbocycles. The molecule has 1 N–H and O–H groups in total. The first kappa shape index (κ1) is 19.8. The van der Waals surface area contributed by atoms with Gasteiger partial charge in [0.05, 0.1) is 11.9 Å². The van der Waals surface area contributed by atoms with Crippen LogP contribution in [-0.2, 0) is 14.8 Å². The predicted molar refractivity (Wildman–Crippen MR) is 102 cm³/mol. The number of benzene rings is 1. The molecule has 0 unspecified atom stereocenters. The van der Waals surface area contributed by atoms with Gasteiger partial charge in [0.25, 0.3) is 0 Å². The van der Waals surface area contributed by atoms with Gasteiger partial charge in [0.1, 0.15) is 0 Å². The summed E-state index contributed by atoms with van der Waals surface area (Å²) in [6.45, 7) is 4.04. The maximum Gasteiger partial charge on any atom is 0.232 e. The Morgan fingerprint density at radius 2 is 1.80 bits per heavy atom. The van der Waals surface area contributed by atoms with E-state index in [-0.39, 0.29) is 24.9 Å². The number of sulfonamides is 1. The second-order valence-corrected chi connectivity index (χ2v) is 8.97. The second-order valence-electron chi connectivity index (χ2n) is 7.06. The molecule has 140 valence electrons. The van der Waals surface area contributed by atoms with E-state index in [0.717, 1.165) is 36.8 Å². The summed E-state index contributed by atoms with van der Waals surface area (Å²) in [5.41, 5.74) is 2.62. The van der Waals surface area contributed by atoms with Crippen molar-refractivity contribution in [3.05, 3.63) is 29.3 Å². The van der Waals surface area contributed by atoms with Crippen molar-refractivity contribution < 1.29 is 13.2 Å². The van der Waals surface area contributed by atoms with E-state index in [4.69, 9.17) is 0 Å². The number of aryl methyl sites for hydroxylation is 1. The standard InChI is InChI=1S/C19H30N2O3S/c1-15-9-8-12-18(16(15)2)21(25(3,23)24)14-13-19(22)20-17-10-6-4-5-7-11-17/h8-9,12,17H,4-7,10-11,13-14H2,1-3H3,(H,20,22). The van der Waals surface area contributed by atoms with E-state index in [1.54, 1.807) is 6.07 Å². The molecule has 25 heavy (non-hydrogen) atoms. The fraction of sp³-hybridized carbons (Fsp3) is 0.632. The number of hydrogen-bond donors (Lipinski definition) is 1. The van der Waals surface area contributed by atoms with Crippen LogP contribution in [0.2, 0.25) is 0 Å². The Hall–Kier alpha value is -1.56. The van der Waals surface area contributed by atoms with E-state index in [1.165, 1.54) is 23.4 Å². The summed E-state index contributed by atoms with van der Waals surface area (Å²) in [5.74, 6) is -0.0640. The van der Waals surface area contributed by atoms with Crippen LogP contribution < -0.4 is 9.62 Å². The second kappa shape index (κ2) is 8.70. The molecule has 0 radical (unpaired) electrons. The third-order valence-corrected chi connectivity index (χ3v) is 6.19. The largest absolute Gasteiger partial charge is 0.353 e. The van der Waals surface area contributed by atoms with Gasteiger partial charge in [-0.05, 0) is 43.9 Å². The summed E-state index contributed by atoms with van der Waals surface area (Å²) in [6, 6.07) is 5.84. The first-order valence-corrected chi connectivity index (χ1v) is 11.0. The number of nitrogens with one attached hydrogen (secondary N) is 1. The molecule has 6 heteroatoms. The van der Waals surface area contributed by atoms with Crippen LogP contribution in [0.25, 0.3) is 0 Å². The van der Waals surface area contributed by atoms with Gasteiger partial charge < -0.3 is 5.32 Å². The summed E-state index contributed by atoms with van der Waals surface area (Å²) in [5, 5.41) is 3.08. The number of carbonyl (C=O) groups is 1. The third kappa shape index (κ3) is 5.73. The molecule has 1 aliphatic rings. The Kier molecular flexibility index (Phi) is 6.87. The van der Waals surface area contributed by atoms with Crippen molar-refractivity contribution in [2.75, 3.05) is 17.1 Å². The molecule has 0 heterocycles. The van der Waals surface area contributed by atoms with Gasteiger partial charge in [-0.1, -0.05) is 37.8 Å². The van der Waals surface area contributed by atoms with Crippen molar-refractivity contribution in [3.63, 3.8) is 0 Å². The molecule has 0 spiro atoms. The Morgan fingerprint density at radius 3 is 2.40 bits per heavy atom. The monoisotopic (exact) mass is 366 g/mol. The molecule has 1 saturated carbocycles. The highest BCUT2D eigenvalue weighted by molar-refractivity contribution is 7.92. The van der Waals surface area contributed by atoms with E-state index in [2.05, 4.69) is 5.32 Å². The van der Waals surface area contributed by atoms with Crippen LogP contribution in [0.4, 0.5) is 5.69 Å². The minimum Gasteiger partial charge on any atom is -0.353 e. The Bertz CT molecular complexity index is 693. The summed E-state index contributed by atoms with van der Waals surface area (Å²) < 4.78 is 25.8. The molecule has 0 saturated heterocycles. The summed E-state index contributed by atoms with van der Waals surface area (Å²) in [4.78, 5) is 12.3. The van der Waals surface area contributed by atoms with Gasteiger partial charge >= 0.3 is 0 Å². The smallest absolute Gasteiger partial charge is 0.232 e. The zero-order valence-corrected chi connectivity index (χ0v) is 16.4. The molecule has 1 fully saturated rings. The number of rotatable bonds is 6. The quantitative estimate of drug-likeness (QED) is 0.786. The van der Waals surface area contributed by atoms with Gasteiger partial charge in [-0.15, -0.1) is 0 Å². The molecule has 2 rings (SSSR count). The Balaban J connectivity index is 2.03.